The third-order valence-electron chi connectivity index (χ3n) is 3.79. The molecule has 1 unspecified atom stereocenters. The van der Waals surface area contributed by atoms with Gasteiger partial charge in [0.2, 0.25) is 0 Å². The molecule has 0 saturated carbocycles. The minimum absolute atomic E-state index is 0.451. The number of hydrogen-bond donors (Lipinski definition) is 1. The van der Waals surface area contributed by atoms with Crippen LogP contribution in [0.4, 0.5) is 11.4 Å². The van der Waals surface area contributed by atoms with Gasteiger partial charge in [-0.2, -0.15) is 0 Å². The smallest absolute Gasteiger partial charge is 0.0632 e. The summed E-state index contributed by atoms with van der Waals surface area (Å²) in [7, 11) is 2.10. The van der Waals surface area contributed by atoms with Gasteiger partial charge in [-0.15, -0.1) is 0 Å². The third kappa shape index (κ3) is 2.13. The van der Waals surface area contributed by atoms with Crippen molar-refractivity contribution >= 4 is 22.1 Å². The van der Waals surface area contributed by atoms with Crippen LogP contribution in [0.2, 0.25) is 0 Å². The second-order valence-electron chi connectivity index (χ2n) is 5.19. The summed E-state index contributed by atoms with van der Waals surface area (Å²) in [6.07, 6.45) is 3.63. The zero-order valence-corrected chi connectivity index (χ0v) is 11.5. The number of pyridine rings is 1. The van der Waals surface area contributed by atoms with Crippen molar-refractivity contribution in [3.8, 4) is 0 Å². The molecule has 2 N–H and O–H groups in total. The highest BCUT2D eigenvalue weighted by atomic mass is 15.1. The van der Waals surface area contributed by atoms with Crippen LogP contribution in [0.3, 0.4) is 0 Å². The molecule has 0 radical (unpaired) electrons. The number of nitrogens with two attached hydrogens (primary N) is 1. The summed E-state index contributed by atoms with van der Waals surface area (Å²) in [6.45, 7) is 6.67. The van der Waals surface area contributed by atoms with Crippen LogP contribution in [0.15, 0.2) is 30.6 Å². The van der Waals surface area contributed by atoms with Gasteiger partial charge in [0.05, 0.1) is 11.4 Å². The fourth-order valence-corrected chi connectivity index (χ4v) is 2.16. The van der Waals surface area contributed by atoms with Crippen LogP contribution < -0.4 is 10.6 Å². The first-order chi connectivity index (χ1) is 8.52. The zero-order chi connectivity index (χ0) is 13.3. The molecular weight excluding hydrogens is 222 g/mol. The highest BCUT2D eigenvalue weighted by Gasteiger charge is 2.16. The lowest BCUT2D eigenvalue weighted by atomic mass is 10.0. The van der Waals surface area contributed by atoms with Crippen molar-refractivity contribution in [1.82, 2.24) is 4.98 Å². The molecule has 2 aromatic rings. The van der Waals surface area contributed by atoms with Crippen molar-refractivity contribution < 1.29 is 0 Å². The maximum absolute atomic E-state index is 6.29. The second kappa shape index (κ2) is 4.84. The topological polar surface area (TPSA) is 42.2 Å². The summed E-state index contributed by atoms with van der Waals surface area (Å²) in [6, 6.07) is 6.59. The van der Waals surface area contributed by atoms with Crippen LogP contribution in [-0.4, -0.2) is 18.1 Å². The molecular formula is C15H21N3. The van der Waals surface area contributed by atoms with Crippen molar-refractivity contribution in [2.24, 2.45) is 5.92 Å². The summed E-state index contributed by atoms with van der Waals surface area (Å²) in [5.74, 6) is 0.586. The summed E-state index contributed by atoms with van der Waals surface area (Å²) in [5, 5.41) is 2.16. The fourth-order valence-electron chi connectivity index (χ4n) is 2.16. The predicted octanol–water partition coefficient (Wildman–Crippen LogP) is 3.30. The third-order valence-corrected chi connectivity index (χ3v) is 3.79. The van der Waals surface area contributed by atoms with Crippen LogP contribution in [0.1, 0.15) is 20.8 Å². The molecule has 2 rings (SSSR count). The van der Waals surface area contributed by atoms with Crippen molar-refractivity contribution in [2.45, 2.75) is 26.8 Å². The zero-order valence-electron chi connectivity index (χ0n) is 11.5. The van der Waals surface area contributed by atoms with Gasteiger partial charge in [-0.1, -0.05) is 19.9 Å². The van der Waals surface area contributed by atoms with Crippen LogP contribution in [0.25, 0.3) is 10.8 Å². The Balaban J connectivity index is 2.49. The van der Waals surface area contributed by atoms with E-state index in [4.69, 9.17) is 5.73 Å². The van der Waals surface area contributed by atoms with Gasteiger partial charge >= 0.3 is 0 Å². The lowest BCUT2D eigenvalue weighted by molar-refractivity contribution is 0.506. The summed E-state index contributed by atoms with van der Waals surface area (Å²) in [4.78, 5) is 6.37. The highest BCUT2D eigenvalue weighted by Crippen LogP contribution is 2.32. The fraction of sp³-hybridized carbons (Fsp3) is 0.400. The van der Waals surface area contributed by atoms with E-state index in [-0.39, 0.29) is 0 Å². The molecule has 0 spiro atoms. The Bertz CT molecular complexity index is 548. The number of nitrogen functional groups attached to an aromatic ring is 1. The van der Waals surface area contributed by atoms with E-state index in [2.05, 4.69) is 49.8 Å². The van der Waals surface area contributed by atoms with Gasteiger partial charge in [-0.3, -0.25) is 4.98 Å². The summed E-state index contributed by atoms with van der Waals surface area (Å²) >= 11 is 0. The van der Waals surface area contributed by atoms with Crippen molar-refractivity contribution in [1.29, 1.82) is 0 Å². The van der Waals surface area contributed by atoms with E-state index >= 15 is 0 Å². The van der Waals surface area contributed by atoms with E-state index in [9.17, 15) is 0 Å². The van der Waals surface area contributed by atoms with Crippen molar-refractivity contribution in [3.63, 3.8) is 0 Å². The van der Waals surface area contributed by atoms with E-state index < -0.39 is 0 Å². The Hall–Kier alpha value is -1.77. The van der Waals surface area contributed by atoms with E-state index in [0.29, 0.717) is 12.0 Å². The molecule has 0 aliphatic carbocycles. The van der Waals surface area contributed by atoms with Gasteiger partial charge in [0.1, 0.15) is 0 Å². The lowest BCUT2D eigenvalue weighted by Crippen LogP contribution is -2.33. The maximum atomic E-state index is 6.29. The number of anilines is 2. The Morgan fingerprint density at radius 1 is 1.17 bits per heavy atom. The Morgan fingerprint density at radius 2 is 1.89 bits per heavy atom. The largest absolute Gasteiger partial charge is 0.397 e. The lowest BCUT2D eigenvalue weighted by Gasteiger charge is -2.31. The molecule has 0 saturated heterocycles. The Kier molecular flexibility index (Phi) is 3.41. The van der Waals surface area contributed by atoms with Gasteiger partial charge < -0.3 is 10.6 Å². The second-order valence-corrected chi connectivity index (χ2v) is 5.19. The standard InChI is InChI=1S/C15H21N3/c1-10(2)11(3)18(4)14-6-5-12-9-17-8-7-13(12)15(14)16/h5-11H,16H2,1-4H3. The summed E-state index contributed by atoms with van der Waals surface area (Å²) < 4.78 is 0. The predicted molar refractivity (Wildman–Crippen MR) is 78.9 cm³/mol. The first-order valence-corrected chi connectivity index (χ1v) is 6.37. The van der Waals surface area contributed by atoms with Crippen molar-refractivity contribution in [2.75, 3.05) is 17.7 Å². The number of rotatable bonds is 3. The van der Waals surface area contributed by atoms with Crippen LogP contribution in [0.5, 0.6) is 0 Å². The SMILES string of the molecule is CC(C)C(C)N(C)c1ccc2cnccc2c1N. The van der Waals surface area contributed by atoms with Crippen LogP contribution >= 0.6 is 0 Å². The Labute approximate surface area is 109 Å². The van der Waals surface area contributed by atoms with E-state index in [1.807, 2.05) is 12.3 Å². The molecule has 1 aromatic heterocycles. The molecule has 3 nitrogen and oxygen atoms in total. The molecule has 0 aliphatic rings. The molecule has 0 bridgehead atoms. The van der Waals surface area contributed by atoms with Crippen LogP contribution in [0, 0.1) is 5.92 Å². The van der Waals surface area contributed by atoms with E-state index in [1.54, 1.807) is 6.20 Å². The van der Waals surface area contributed by atoms with Gasteiger partial charge in [-0.25, -0.2) is 0 Å². The molecule has 96 valence electrons. The summed E-state index contributed by atoms with van der Waals surface area (Å²) in [5.41, 5.74) is 8.22. The molecule has 18 heavy (non-hydrogen) atoms. The number of fused-ring (bicyclic) bond motifs is 1. The molecule has 3 heteroatoms. The average Bonchev–Trinajstić information content (AvgIpc) is 2.37. The average molecular weight is 243 g/mol. The maximum Gasteiger partial charge on any atom is 0.0632 e. The molecule has 0 amide bonds. The minimum atomic E-state index is 0.451. The normalized spacial score (nSPS) is 12.9. The first kappa shape index (κ1) is 12.7. The van der Waals surface area contributed by atoms with Gasteiger partial charge in [0, 0.05) is 36.3 Å². The minimum Gasteiger partial charge on any atom is -0.397 e. The Morgan fingerprint density at radius 3 is 2.56 bits per heavy atom. The van der Waals surface area contributed by atoms with Gasteiger partial charge in [-0.05, 0) is 25.0 Å². The van der Waals surface area contributed by atoms with E-state index in [0.717, 1.165) is 22.1 Å². The quantitative estimate of drug-likeness (QED) is 0.841. The number of nitrogens with zero attached hydrogens (tertiary/aromatic N) is 2. The first-order valence-electron chi connectivity index (χ1n) is 6.37. The molecule has 0 fully saturated rings. The molecule has 1 aromatic carbocycles. The van der Waals surface area contributed by atoms with E-state index in [1.165, 1.54) is 0 Å². The van der Waals surface area contributed by atoms with Crippen molar-refractivity contribution in [3.05, 3.63) is 30.6 Å². The molecule has 1 atom stereocenters. The molecule has 0 aliphatic heterocycles. The number of hydrogen-bond acceptors (Lipinski definition) is 3. The van der Waals surface area contributed by atoms with Crippen LogP contribution in [-0.2, 0) is 0 Å². The molecule has 1 heterocycles. The highest BCUT2D eigenvalue weighted by molar-refractivity contribution is 5.98. The van der Waals surface area contributed by atoms with Gasteiger partial charge in [0.25, 0.3) is 0 Å². The number of benzene rings is 1. The monoisotopic (exact) mass is 243 g/mol. The van der Waals surface area contributed by atoms with Gasteiger partial charge in [0.15, 0.2) is 0 Å². The number of aromatic nitrogens is 1.